The summed E-state index contributed by atoms with van der Waals surface area (Å²) in [5.74, 6) is 0.0132. The van der Waals surface area contributed by atoms with Crippen molar-refractivity contribution in [3.05, 3.63) is 34.9 Å². The van der Waals surface area contributed by atoms with E-state index >= 15 is 0 Å². The molecule has 1 heterocycles. The van der Waals surface area contributed by atoms with Gasteiger partial charge in [-0.15, -0.1) is 0 Å². The quantitative estimate of drug-likeness (QED) is 0.921. The van der Waals surface area contributed by atoms with Crippen LogP contribution >= 0.6 is 15.9 Å². The van der Waals surface area contributed by atoms with Gasteiger partial charge < -0.3 is 9.88 Å². The van der Waals surface area contributed by atoms with Crippen molar-refractivity contribution in [1.82, 2.24) is 9.88 Å². The Bertz CT molecular complexity index is 519. The highest BCUT2D eigenvalue weighted by atomic mass is 79.9. The lowest BCUT2D eigenvalue weighted by molar-refractivity contribution is -0.118. The Labute approximate surface area is 103 Å². The molecule has 1 aromatic heterocycles. The molecular formula is C12H13BrN2O. The molecule has 2 aromatic rings. The van der Waals surface area contributed by atoms with Crippen LogP contribution in [-0.4, -0.2) is 17.0 Å². The van der Waals surface area contributed by atoms with Crippen LogP contribution in [0.2, 0.25) is 0 Å². The Morgan fingerprint density at radius 1 is 1.44 bits per heavy atom. The maximum atomic E-state index is 10.8. The number of hydrogen-bond donors (Lipinski definition) is 1. The van der Waals surface area contributed by atoms with Crippen molar-refractivity contribution in [2.24, 2.45) is 0 Å². The van der Waals surface area contributed by atoms with Crippen LogP contribution in [0.3, 0.4) is 0 Å². The Balaban J connectivity index is 2.15. The summed E-state index contributed by atoms with van der Waals surface area (Å²) in [6, 6.07) is 8.27. The first kappa shape index (κ1) is 11.2. The fraction of sp³-hybridized carbons (Fsp3) is 0.250. The van der Waals surface area contributed by atoms with Gasteiger partial charge in [-0.3, -0.25) is 4.79 Å². The topological polar surface area (TPSA) is 34.0 Å². The second-order valence-electron chi connectivity index (χ2n) is 3.70. The minimum atomic E-state index is 0.0132. The first-order valence-electron chi connectivity index (χ1n) is 5.15. The molecule has 0 fully saturated rings. The Hall–Kier alpha value is -1.29. The van der Waals surface area contributed by atoms with Crippen LogP contribution in [0.5, 0.6) is 0 Å². The van der Waals surface area contributed by atoms with E-state index < -0.39 is 0 Å². The van der Waals surface area contributed by atoms with Crippen LogP contribution in [0.25, 0.3) is 10.9 Å². The maximum Gasteiger partial charge on any atom is 0.216 e. The minimum absolute atomic E-state index is 0.0132. The molecule has 1 aromatic carbocycles. The highest BCUT2D eigenvalue weighted by Gasteiger charge is 2.01. The number of benzene rings is 1. The second kappa shape index (κ2) is 4.70. The molecule has 16 heavy (non-hydrogen) atoms. The molecule has 0 atom stereocenters. The van der Waals surface area contributed by atoms with E-state index in [0.29, 0.717) is 6.54 Å². The number of carbonyl (C=O) groups excluding carboxylic acids is 1. The van der Waals surface area contributed by atoms with Gasteiger partial charge >= 0.3 is 0 Å². The highest BCUT2D eigenvalue weighted by Crippen LogP contribution is 2.20. The SMILES string of the molecule is CC(=O)NCCn1ccc2cc(Br)ccc21. The lowest BCUT2D eigenvalue weighted by Crippen LogP contribution is -2.24. The predicted molar refractivity (Wildman–Crippen MR) is 68.3 cm³/mol. The molecule has 2 rings (SSSR count). The molecule has 0 saturated carbocycles. The fourth-order valence-electron chi connectivity index (χ4n) is 1.72. The van der Waals surface area contributed by atoms with E-state index in [9.17, 15) is 4.79 Å². The number of aromatic nitrogens is 1. The zero-order valence-corrected chi connectivity index (χ0v) is 10.6. The first-order valence-corrected chi connectivity index (χ1v) is 5.95. The van der Waals surface area contributed by atoms with E-state index in [-0.39, 0.29) is 5.91 Å². The molecule has 0 aliphatic heterocycles. The van der Waals surface area contributed by atoms with Crippen LogP contribution in [0.4, 0.5) is 0 Å². The molecule has 3 nitrogen and oxygen atoms in total. The van der Waals surface area contributed by atoms with E-state index in [2.05, 4.69) is 44.0 Å². The predicted octanol–water partition coefficient (Wildman–Crippen LogP) is 2.54. The van der Waals surface area contributed by atoms with E-state index in [1.165, 1.54) is 17.8 Å². The number of amides is 1. The van der Waals surface area contributed by atoms with Crippen LogP contribution < -0.4 is 5.32 Å². The number of rotatable bonds is 3. The van der Waals surface area contributed by atoms with E-state index in [4.69, 9.17) is 0 Å². The van der Waals surface area contributed by atoms with Crippen molar-refractivity contribution < 1.29 is 4.79 Å². The number of carbonyl (C=O) groups is 1. The molecule has 0 aliphatic carbocycles. The average Bonchev–Trinajstić information content (AvgIpc) is 2.60. The van der Waals surface area contributed by atoms with Crippen molar-refractivity contribution >= 4 is 32.7 Å². The van der Waals surface area contributed by atoms with Crippen molar-refractivity contribution in [1.29, 1.82) is 0 Å². The van der Waals surface area contributed by atoms with E-state index in [0.717, 1.165) is 11.0 Å². The fourth-order valence-corrected chi connectivity index (χ4v) is 2.10. The summed E-state index contributed by atoms with van der Waals surface area (Å²) in [5.41, 5.74) is 1.19. The third-order valence-electron chi connectivity index (χ3n) is 2.46. The Kier molecular flexibility index (Phi) is 3.29. The molecule has 84 valence electrons. The van der Waals surface area contributed by atoms with Crippen LogP contribution in [0, 0.1) is 0 Å². The third kappa shape index (κ3) is 2.44. The van der Waals surface area contributed by atoms with Crippen LogP contribution in [0.15, 0.2) is 34.9 Å². The average molecular weight is 281 g/mol. The van der Waals surface area contributed by atoms with Crippen molar-refractivity contribution in [3.8, 4) is 0 Å². The smallest absolute Gasteiger partial charge is 0.216 e. The van der Waals surface area contributed by atoms with Gasteiger partial charge in [-0.1, -0.05) is 15.9 Å². The molecule has 0 unspecified atom stereocenters. The monoisotopic (exact) mass is 280 g/mol. The van der Waals surface area contributed by atoms with Crippen molar-refractivity contribution in [2.75, 3.05) is 6.54 Å². The van der Waals surface area contributed by atoms with Gasteiger partial charge in [-0.25, -0.2) is 0 Å². The van der Waals surface area contributed by atoms with Gasteiger partial charge in [0.2, 0.25) is 5.91 Å². The third-order valence-corrected chi connectivity index (χ3v) is 2.95. The van der Waals surface area contributed by atoms with Crippen molar-refractivity contribution in [3.63, 3.8) is 0 Å². The van der Waals surface area contributed by atoms with Gasteiger partial charge in [0.25, 0.3) is 0 Å². The minimum Gasteiger partial charge on any atom is -0.355 e. The van der Waals surface area contributed by atoms with Gasteiger partial charge in [0.05, 0.1) is 0 Å². The van der Waals surface area contributed by atoms with Crippen molar-refractivity contribution in [2.45, 2.75) is 13.5 Å². The molecule has 0 bridgehead atoms. The summed E-state index contributed by atoms with van der Waals surface area (Å²) >= 11 is 3.45. The second-order valence-corrected chi connectivity index (χ2v) is 4.61. The molecule has 0 spiro atoms. The summed E-state index contributed by atoms with van der Waals surface area (Å²) in [6.07, 6.45) is 2.04. The highest BCUT2D eigenvalue weighted by molar-refractivity contribution is 9.10. The molecule has 0 radical (unpaired) electrons. The lowest BCUT2D eigenvalue weighted by atomic mass is 10.2. The largest absolute Gasteiger partial charge is 0.355 e. The molecule has 1 amide bonds. The lowest BCUT2D eigenvalue weighted by Gasteiger charge is -2.05. The zero-order chi connectivity index (χ0) is 11.5. The van der Waals surface area contributed by atoms with Gasteiger partial charge in [0, 0.05) is 41.6 Å². The Morgan fingerprint density at radius 2 is 2.25 bits per heavy atom. The molecule has 0 aliphatic rings. The molecule has 0 saturated heterocycles. The normalized spacial score (nSPS) is 10.6. The number of nitrogens with one attached hydrogen (secondary N) is 1. The van der Waals surface area contributed by atoms with Gasteiger partial charge in [0.15, 0.2) is 0 Å². The summed E-state index contributed by atoms with van der Waals surface area (Å²) in [6.45, 7) is 2.99. The van der Waals surface area contributed by atoms with Gasteiger partial charge in [0.1, 0.15) is 0 Å². The number of nitrogens with zero attached hydrogens (tertiary/aromatic N) is 1. The Morgan fingerprint density at radius 3 is 3.00 bits per heavy atom. The van der Waals surface area contributed by atoms with E-state index in [1.807, 2.05) is 12.3 Å². The number of halogens is 1. The van der Waals surface area contributed by atoms with Gasteiger partial charge in [-0.2, -0.15) is 0 Å². The summed E-state index contributed by atoms with van der Waals surface area (Å²) < 4.78 is 3.22. The standard InChI is InChI=1S/C12H13BrN2O/c1-9(16)14-5-7-15-6-4-10-8-11(13)2-3-12(10)15/h2-4,6,8H,5,7H2,1H3,(H,14,16). The van der Waals surface area contributed by atoms with Gasteiger partial charge in [-0.05, 0) is 24.3 Å². The number of hydrogen-bond acceptors (Lipinski definition) is 1. The maximum absolute atomic E-state index is 10.8. The van der Waals surface area contributed by atoms with Crippen LogP contribution in [-0.2, 0) is 11.3 Å². The van der Waals surface area contributed by atoms with E-state index in [1.54, 1.807) is 0 Å². The zero-order valence-electron chi connectivity index (χ0n) is 9.03. The molecule has 4 heteroatoms. The summed E-state index contributed by atoms with van der Waals surface area (Å²) in [7, 11) is 0. The summed E-state index contributed by atoms with van der Waals surface area (Å²) in [5, 5.41) is 4.00. The first-order chi connectivity index (χ1) is 7.66. The molecular weight excluding hydrogens is 268 g/mol. The van der Waals surface area contributed by atoms with Crippen LogP contribution in [0.1, 0.15) is 6.92 Å². The summed E-state index contributed by atoms with van der Waals surface area (Å²) in [4.78, 5) is 10.8. The number of fused-ring (bicyclic) bond motifs is 1. The molecule has 1 N–H and O–H groups in total.